The average Bonchev–Trinajstić information content (AvgIpc) is 2.26. The maximum absolute atomic E-state index is 6.07. The number of ether oxygens (including phenoxy) is 1. The Balaban J connectivity index is 2.00. The zero-order valence-electron chi connectivity index (χ0n) is 9.99. The molecule has 1 fully saturated rings. The van der Waals surface area contributed by atoms with Crippen LogP contribution < -0.4 is 10.5 Å². The van der Waals surface area contributed by atoms with Crippen LogP contribution in [0.5, 0.6) is 5.75 Å². The Morgan fingerprint density at radius 1 is 1.38 bits per heavy atom. The molecule has 1 aliphatic carbocycles. The van der Waals surface area contributed by atoms with Crippen LogP contribution in [0.1, 0.15) is 44.2 Å². The van der Waals surface area contributed by atoms with E-state index in [0.717, 1.165) is 30.3 Å². The summed E-state index contributed by atoms with van der Waals surface area (Å²) in [6.07, 6.45) is 4.96. The number of rotatable bonds is 5. The molecule has 1 atom stereocenters. The Labute approximate surface area is 97.8 Å². The van der Waals surface area contributed by atoms with Crippen LogP contribution in [0.15, 0.2) is 24.3 Å². The third-order valence-electron chi connectivity index (χ3n) is 3.46. The number of benzene rings is 1. The van der Waals surface area contributed by atoms with Gasteiger partial charge in [0.05, 0.1) is 6.61 Å². The van der Waals surface area contributed by atoms with Crippen molar-refractivity contribution in [3.05, 3.63) is 29.8 Å². The molecule has 1 saturated carbocycles. The summed E-state index contributed by atoms with van der Waals surface area (Å²) in [6, 6.07) is 8.24. The van der Waals surface area contributed by atoms with Crippen LogP contribution in [0, 0.1) is 5.92 Å². The lowest BCUT2D eigenvalue weighted by molar-refractivity contribution is 0.179. The first-order chi connectivity index (χ1) is 7.81. The molecule has 0 radical (unpaired) electrons. The number of hydrogen-bond acceptors (Lipinski definition) is 2. The predicted molar refractivity (Wildman–Crippen MR) is 66.5 cm³/mol. The molecule has 16 heavy (non-hydrogen) atoms. The molecule has 0 unspecified atom stereocenters. The highest BCUT2D eigenvalue weighted by atomic mass is 16.5. The molecule has 2 N–H and O–H groups in total. The van der Waals surface area contributed by atoms with E-state index in [0.29, 0.717) is 0 Å². The van der Waals surface area contributed by atoms with Gasteiger partial charge < -0.3 is 10.5 Å². The quantitative estimate of drug-likeness (QED) is 0.824. The van der Waals surface area contributed by atoms with E-state index in [1.807, 2.05) is 18.2 Å². The molecular weight excluding hydrogens is 198 g/mol. The fourth-order valence-electron chi connectivity index (χ4n) is 2.01. The van der Waals surface area contributed by atoms with Gasteiger partial charge >= 0.3 is 0 Å². The van der Waals surface area contributed by atoms with Crippen molar-refractivity contribution < 1.29 is 4.74 Å². The van der Waals surface area contributed by atoms with Crippen LogP contribution in [-0.2, 0) is 0 Å². The van der Waals surface area contributed by atoms with E-state index in [1.54, 1.807) is 0 Å². The maximum Gasteiger partial charge on any atom is 0.124 e. The predicted octanol–water partition coefficient (Wildman–Crippen LogP) is 3.28. The molecule has 1 aromatic rings. The number of para-hydroxylation sites is 1. The number of hydrogen-bond donors (Lipinski definition) is 1. The molecule has 0 bridgehead atoms. The van der Waals surface area contributed by atoms with Crippen molar-refractivity contribution in [3.63, 3.8) is 0 Å². The summed E-state index contributed by atoms with van der Waals surface area (Å²) in [4.78, 5) is 0. The Morgan fingerprint density at radius 2 is 2.12 bits per heavy atom. The van der Waals surface area contributed by atoms with Gasteiger partial charge in [-0.05, 0) is 31.2 Å². The van der Waals surface area contributed by atoms with Crippen molar-refractivity contribution in [1.29, 1.82) is 0 Å². The summed E-state index contributed by atoms with van der Waals surface area (Å²) in [5, 5.41) is 0. The van der Waals surface area contributed by atoms with Crippen molar-refractivity contribution in [2.45, 2.75) is 38.6 Å². The molecule has 1 aliphatic rings. The Kier molecular flexibility index (Phi) is 3.83. The highest BCUT2D eigenvalue weighted by Crippen LogP contribution is 2.30. The fraction of sp³-hybridized carbons (Fsp3) is 0.571. The minimum absolute atomic E-state index is 0.0950. The third-order valence-corrected chi connectivity index (χ3v) is 3.46. The number of nitrogens with two attached hydrogens (primary N) is 1. The molecule has 2 rings (SSSR count). The zero-order chi connectivity index (χ0) is 11.4. The summed E-state index contributed by atoms with van der Waals surface area (Å²) in [7, 11) is 0. The highest BCUT2D eigenvalue weighted by molar-refractivity contribution is 5.35. The van der Waals surface area contributed by atoms with Crippen molar-refractivity contribution >= 4 is 0 Å². The summed E-state index contributed by atoms with van der Waals surface area (Å²) in [5.41, 5.74) is 7.21. The third kappa shape index (κ3) is 2.56. The van der Waals surface area contributed by atoms with Crippen LogP contribution in [-0.4, -0.2) is 6.61 Å². The van der Waals surface area contributed by atoms with Gasteiger partial charge in [-0.15, -0.1) is 0 Å². The van der Waals surface area contributed by atoms with Gasteiger partial charge in [-0.3, -0.25) is 0 Å². The van der Waals surface area contributed by atoms with E-state index >= 15 is 0 Å². The summed E-state index contributed by atoms with van der Waals surface area (Å²) < 4.78 is 5.88. The van der Waals surface area contributed by atoms with Crippen LogP contribution in [0.3, 0.4) is 0 Å². The van der Waals surface area contributed by atoms with Crippen LogP contribution in [0.2, 0.25) is 0 Å². The lowest BCUT2D eigenvalue weighted by atomic mass is 9.86. The van der Waals surface area contributed by atoms with Gasteiger partial charge in [-0.1, -0.05) is 31.5 Å². The second-order valence-electron chi connectivity index (χ2n) is 4.66. The smallest absolute Gasteiger partial charge is 0.124 e. The Morgan fingerprint density at radius 3 is 2.75 bits per heavy atom. The SMILES string of the molecule is CC[C@@H](N)c1ccccc1OCC1CCC1. The molecule has 0 heterocycles. The van der Waals surface area contributed by atoms with E-state index in [1.165, 1.54) is 19.3 Å². The van der Waals surface area contributed by atoms with Gasteiger partial charge in [0, 0.05) is 11.6 Å². The lowest BCUT2D eigenvalue weighted by Gasteiger charge is -2.26. The average molecular weight is 219 g/mol. The van der Waals surface area contributed by atoms with Crippen LogP contribution in [0.4, 0.5) is 0 Å². The normalized spacial score (nSPS) is 17.9. The molecule has 1 aromatic carbocycles. The van der Waals surface area contributed by atoms with Crippen LogP contribution >= 0.6 is 0 Å². The molecule has 0 aliphatic heterocycles. The Bertz CT molecular complexity index is 333. The van der Waals surface area contributed by atoms with E-state index in [2.05, 4.69) is 13.0 Å². The second kappa shape index (κ2) is 5.35. The molecule has 2 heteroatoms. The van der Waals surface area contributed by atoms with Crippen LogP contribution in [0.25, 0.3) is 0 Å². The van der Waals surface area contributed by atoms with Crippen molar-refractivity contribution in [1.82, 2.24) is 0 Å². The van der Waals surface area contributed by atoms with E-state index in [4.69, 9.17) is 10.5 Å². The summed E-state index contributed by atoms with van der Waals surface area (Å²) in [5.74, 6) is 1.75. The molecule has 0 aromatic heterocycles. The van der Waals surface area contributed by atoms with Crippen molar-refractivity contribution in [2.24, 2.45) is 11.7 Å². The molecule has 2 nitrogen and oxygen atoms in total. The van der Waals surface area contributed by atoms with Gasteiger partial charge in [0.2, 0.25) is 0 Å². The van der Waals surface area contributed by atoms with E-state index in [9.17, 15) is 0 Å². The zero-order valence-corrected chi connectivity index (χ0v) is 9.99. The topological polar surface area (TPSA) is 35.2 Å². The van der Waals surface area contributed by atoms with Gasteiger partial charge in [0.15, 0.2) is 0 Å². The molecule has 0 amide bonds. The fourth-order valence-corrected chi connectivity index (χ4v) is 2.01. The van der Waals surface area contributed by atoms with Gasteiger partial charge in [0.1, 0.15) is 5.75 Å². The monoisotopic (exact) mass is 219 g/mol. The minimum atomic E-state index is 0.0950. The Hall–Kier alpha value is -1.02. The van der Waals surface area contributed by atoms with Gasteiger partial charge in [-0.2, -0.15) is 0 Å². The van der Waals surface area contributed by atoms with Crippen molar-refractivity contribution in [3.8, 4) is 5.75 Å². The van der Waals surface area contributed by atoms with E-state index in [-0.39, 0.29) is 6.04 Å². The molecule has 0 spiro atoms. The molecule has 0 saturated heterocycles. The first kappa shape index (κ1) is 11.5. The largest absolute Gasteiger partial charge is 0.493 e. The lowest BCUT2D eigenvalue weighted by Crippen LogP contribution is -2.20. The van der Waals surface area contributed by atoms with Crippen molar-refractivity contribution in [2.75, 3.05) is 6.61 Å². The summed E-state index contributed by atoms with van der Waals surface area (Å²) in [6.45, 7) is 2.96. The van der Waals surface area contributed by atoms with E-state index < -0.39 is 0 Å². The highest BCUT2D eigenvalue weighted by Gasteiger charge is 2.19. The maximum atomic E-state index is 6.07. The standard InChI is InChI=1S/C14H21NO/c1-2-13(15)12-8-3-4-9-14(12)16-10-11-6-5-7-11/h3-4,8-9,11,13H,2,5-7,10,15H2,1H3/t13-/m1/s1. The molecule has 88 valence electrons. The second-order valence-corrected chi connectivity index (χ2v) is 4.66. The molecular formula is C14H21NO. The van der Waals surface area contributed by atoms with Gasteiger partial charge in [0.25, 0.3) is 0 Å². The summed E-state index contributed by atoms with van der Waals surface area (Å²) >= 11 is 0. The minimum Gasteiger partial charge on any atom is -0.493 e. The first-order valence-electron chi connectivity index (χ1n) is 6.28. The first-order valence-corrected chi connectivity index (χ1v) is 6.28. The van der Waals surface area contributed by atoms with Gasteiger partial charge in [-0.25, -0.2) is 0 Å².